The second kappa shape index (κ2) is 7.93. The third-order valence-electron chi connectivity index (χ3n) is 5.52. The number of benzene rings is 2. The molecule has 5 N–H and O–H groups in total. The van der Waals surface area contributed by atoms with Gasteiger partial charge in [0.25, 0.3) is 5.56 Å². The molecule has 1 saturated carbocycles. The molecule has 2 aromatic carbocycles. The van der Waals surface area contributed by atoms with Crippen LogP contribution in [0.5, 0.6) is 0 Å². The minimum absolute atomic E-state index is 0.181. The SMILES string of the molecule is CN/C(=C(\C=N)c1ccc2c(=O)[nH]nc(CN)c2c1)c1ccc(C2CC2)cc1C#N. The van der Waals surface area contributed by atoms with Gasteiger partial charge in [0.1, 0.15) is 0 Å². The summed E-state index contributed by atoms with van der Waals surface area (Å²) in [5, 5.41) is 28.6. The van der Waals surface area contributed by atoms with Gasteiger partial charge in [0, 0.05) is 36.3 Å². The molecule has 0 bridgehead atoms. The molecular formula is C23H22N6O. The second-order valence-electron chi connectivity index (χ2n) is 7.34. The molecule has 7 heteroatoms. The van der Waals surface area contributed by atoms with Crippen LogP contribution in [0.2, 0.25) is 0 Å². The number of fused-ring (bicyclic) bond motifs is 1. The first-order valence-electron chi connectivity index (χ1n) is 9.80. The molecule has 1 aliphatic carbocycles. The van der Waals surface area contributed by atoms with Crippen LogP contribution in [0.25, 0.3) is 22.0 Å². The molecule has 7 nitrogen and oxygen atoms in total. The molecule has 0 unspecified atom stereocenters. The van der Waals surface area contributed by atoms with E-state index in [0.29, 0.717) is 39.2 Å². The Morgan fingerprint density at radius 3 is 2.77 bits per heavy atom. The van der Waals surface area contributed by atoms with Crippen LogP contribution >= 0.6 is 0 Å². The Labute approximate surface area is 173 Å². The van der Waals surface area contributed by atoms with Crippen molar-refractivity contribution in [1.82, 2.24) is 15.5 Å². The molecule has 0 aliphatic heterocycles. The summed E-state index contributed by atoms with van der Waals surface area (Å²) >= 11 is 0. The zero-order valence-electron chi connectivity index (χ0n) is 16.6. The Bertz CT molecular complexity index is 1280. The number of nitrogens with zero attached hydrogens (tertiary/aromatic N) is 2. The van der Waals surface area contributed by atoms with Crippen molar-refractivity contribution in [3.63, 3.8) is 0 Å². The van der Waals surface area contributed by atoms with Gasteiger partial charge in [-0.25, -0.2) is 5.10 Å². The van der Waals surface area contributed by atoms with Gasteiger partial charge in [0.2, 0.25) is 0 Å². The largest absolute Gasteiger partial charge is 0.387 e. The standard InChI is InChI=1S/C23H22N6O/c1-27-22(17-6-4-14(13-2-3-13)8-16(17)10-24)20(11-25)15-5-7-18-19(9-15)21(12-26)28-29-23(18)30/h4-9,11,13,25,27H,2-3,12,26H2,1H3,(H,29,30)/b22-20+,25-11?. The maximum absolute atomic E-state index is 12.1. The van der Waals surface area contributed by atoms with E-state index < -0.39 is 0 Å². The van der Waals surface area contributed by atoms with Gasteiger partial charge in [-0.3, -0.25) is 4.79 Å². The number of hydrogen-bond donors (Lipinski definition) is 4. The van der Waals surface area contributed by atoms with Gasteiger partial charge in [-0.05, 0) is 48.1 Å². The number of allylic oxidation sites excluding steroid dienone is 1. The van der Waals surface area contributed by atoms with E-state index in [-0.39, 0.29) is 12.1 Å². The average molecular weight is 398 g/mol. The maximum atomic E-state index is 12.1. The molecule has 0 radical (unpaired) electrons. The van der Waals surface area contributed by atoms with Gasteiger partial charge < -0.3 is 16.5 Å². The van der Waals surface area contributed by atoms with E-state index in [0.717, 1.165) is 11.1 Å². The molecule has 3 aromatic rings. The van der Waals surface area contributed by atoms with Gasteiger partial charge in [-0.1, -0.05) is 18.2 Å². The Balaban J connectivity index is 1.92. The normalized spacial score (nSPS) is 14.2. The van der Waals surface area contributed by atoms with Gasteiger partial charge >= 0.3 is 0 Å². The zero-order chi connectivity index (χ0) is 21.3. The highest BCUT2D eigenvalue weighted by Crippen LogP contribution is 2.41. The summed E-state index contributed by atoms with van der Waals surface area (Å²) in [6.45, 7) is 0.181. The Morgan fingerprint density at radius 1 is 1.33 bits per heavy atom. The number of aromatic amines is 1. The van der Waals surface area contributed by atoms with Crippen LogP contribution in [0.4, 0.5) is 0 Å². The number of nitrogens with two attached hydrogens (primary N) is 1. The molecule has 0 amide bonds. The predicted molar refractivity (Wildman–Crippen MR) is 118 cm³/mol. The van der Waals surface area contributed by atoms with Crippen molar-refractivity contribution in [3.05, 3.63) is 74.7 Å². The lowest BCUT2D eigenvalue weighted by Gasteiger charge is -2.15. The van der Waals surface area contributed by atoms with E-state index in [2.05, 4.69) is 27.6 Å². The van der Waals surface area contributed by atoms with Crippen molar-refractivity contribution in [2.45, 2.75) is 25.3 Å². The Hall–Kier alpha value is -3.76. The highest BCUT2D eigenvalue weighted by Gasteiger charge is 2.25. The van der Waals surface area contributed by atoms with Crippen molar-refractivity contribution in [3.8, 4) is 6.07 Å². The molecule has 1 fully saturated rings. The summed E-state index contributed by atoms with van der Waals surface area (Å²) in [7, 11) is 1.77. The third-order valence-corrected chi connectivity index (χ3v) is 5.52. The number of nitrogens with one attached hydrogen (secondary N) is 3. The zero-order valence-corrected chi connectivity index (χ0v) is 16.6. The fourth-order valence-corrected chi connectivity index (χ4v) is 3.80. The lowest BCUT2D eigenvalue weighted by Crippen LogP contribution is -2.14. The minimum Gasteiger partial charge on any atom is -0.387 e. The van der Waals surface area contributed by atoms with Crippen molar-refractivity contribution in [1.29, 1.82) is 10.7 Å². The fourth-order valence-electron chi connectivity index (χ4n) is 3.80. The first-order valence-corrected chi connectivity index (χ1v) is 9.80. The van der Waals surface area contributed by atoms with Crippen molar-refractivity contribution >= 4 is 28.3 Å². The number of nitriles is 1. The van der Waals surface area contributed by atoms with Crippen molar-refractivity contribution in [2.75, 3.05) is 7.05 Å². The van der Waals surface area contributed by atoms with Gasteiger partial charge in [0.05, 0.1) is 28.4 Å². The fraction of sp³-hybridized carbons (Fsp3) is 0.217. The van der Waals surface area contributed by atoms with Crippen LogP contribution in [0.1, 0.15) is 46.7 Å². The maximum Gasteiger partial charge on any atom is 0.272 e. The highest BCUT2D eigenvalue weighted by molar-refractivity contribution is 6.19. The smallest absolute Gasteiger partial charge is 0.272 e. The van der Waals surface area contributed by atoms with Crippen LogP contribution in [0, 0.1) is 16.7 Å². The topological polar surface area (TPSA) is 131 Å². The lowest BCUT2D eigenvalue weighted by atomic mass is 9.94. The lowest BCUT2D eigenvalue weighted by molar-refractivity contribution is 0.900. The average Bonchev–Trinajstić information content (AvgIpc) is 3.63. The van der Waals surface area contributed by atoms with Gasteiger partial charge in [-0.15, -0.1) is 0 Å². The molecule has 150 valence electrons. The molecule has 0 atom stereocenters. The summed E-state index contributed by atoms with van der Waals surface area (Å²) in [5.74, 6) is 0.552. The van der Waals surface area contributed by atoms with Crippen LogP contribution in [-0.4, -0.2) is 23.5 Å². The summed E-state index contributed by atoms with van der Waals surface area (Å²) in [6.07, 6.45) is 3.59. The third kappa shape index (κ3) is 3.38. The summed E-state index contributed by atoms with van der Waals surface area (Å²) in [5.41, 5.74) is 10.6. The quantitative estimate of drug-likeness (QED) is 0.374. The van der Waals surface area contributed by atoms with Gasteiger partial charge in [0.15, 0.2) is 0 Å². The summed E-state index contributed by atoms with van der Waals surface area (Å²) < 4.78 is 0. The first kappa shape index (κ1) is 19.6. The number of H-pyrrole nitrogens is 1. The number of aromatic nitrogens is 2. The van der Waals surface area contributed by atoms with Crippen molar-refractivity contribution in [2.24, 2.45) is 5.73 Å². The van der Waals surface area contributed by atoms with Crippen LogP contribution in [-0.2, 0) is 6.54 Å². The van der Waals surface area contributed by atoms with E-state index in [4.69, 9.17) is 11.1 Å². The Kier molecular flexibility index (Phi) is 5.17. The van der Waals surface area contributed by atoms with Crippen LogP contribution < -0.4 is 16.6 Å². The molecule has 4 rings (SSSR count). The molecule has 1 aliphatic rings. The first-order chi connectivity index (χ1) is 14.6. The second-order valence-corrected chi connectivity index (χ2v) is 7.34. The van der Waals surface area contributed by atoms with Crippen LogP contribution in [0.3, 0.4) is 0 Å². The van der Waals surface area contributed by atoms with Crippen LogP contribution in [0.15, 0.2) is 41.2 Å². The summed E-state index contributed by atoms with van der Waals surface area (Å²) in [4.78, 5) is 12.1. The van der Waals surface area contributed by atoms with E-state index in [1.54, 1.807) is 19.2 Å². The molecule has 30 heavy (non-hydrogen) atoms. The summed E-state index contributed by atoms with van der Waals surface area (Å²) in [6, 6.07) is 13.6. The number of rotatable bonds is 6. The monoisotopic (exact) mass is 398 g/mol. The predicted octanol–water partition coefficient (Wildman–Crippen LogP) is 2.87. The molecule has 0 spiro atoms. The highest BCUT2D eigenvalue weighted by atomic mass is 16.1. The van der Waals surface area contributed by atoms with E-state index in [9.17, 15) is 10.1 Å². The van der Waals surface area contributed by atoms with E-state index in [1.165, 1.54) is 24.6 Å². The molecular weight excluding hydrogens is 376 g/mol. The number of hydrogen-bond acceptors (Lipinski definition) is 6. The van der Waals surface area contributed by atoms with Crippen molar-refractivity contribution < 1.29 is 0 Å². The minimum atomic E-state index is -0.287. The molecule has 0 saturated heterocycles. The molecule has 1 heterocycles. The van der Waals surface area contributed by atoms with E-state index in [1.807, 2.05) is 18.2 Å². The van der Waals surface area contributed by atoms with Gasteiger partial charge in [-0.2, -0.15) is 10.4 Å². The van der Waals surface area contributed by atoms with E-state index >= 15 is 0 Å². The Morgan fingerprint density at radius 2 is 2.13 bits per heavy atom. The molecule has 1 aromatic heterocycles.